The highest BCUT2D eigenvalue weighted by Crippen LogP contribution is 2.68. The number of aliphatic hydroxyl groups excluding tert-OH is 3. The summed E-state index contributed by atoms with van der Waals surface area (Å²) in [4.78, 5) is 0. The number of rotatable bonds is 6. The number of hydrogen-bond acceptors (Lipinski definition) is 3. The van der Waals surface area contributed by atoms with Crippen LogP contribution in [0.1, 0.15) is 95.6 Å². The van der Waals surface area contributed by atoms with Crippen LogP contribution in [-0.2, 0) is 0 Å². The molecule has 2 aromatic rings. The van der Waals surface area contributed by atoms with E-state index in [2.05, 4.69) is 81.4 Å². The number of aliphatic hydroxyl groups is 3. The molecule has 3 N–H and O–H groups in total. The van der Waals surface area contributed by atoms with Crippen molar-refractivity contribution in [2.45, 2.75) is 103 Å². The second-order valence-electron chi connectivity index (χ2n) is 14.5. The molecule has 0 aliphatic heterocycles. The first-order chi connectivity index (χ1) is 18.7. The maximum Gasteiger partial charge on any atom is 0.0602 e. The number of fused-ring (bicyclic) bond motifs is 5. The molecule has 4 aliphatic rings. The smallest absolute Gasteiger partial charge is 0.0602 e. The van der Waals surface area contributed by atoms with Crippen LogP contribution in [0.3, 0.4) is 0 Å². The zero-order valence-electron chi connectivity index (χ0n) is 24.3. The van der Waals surface area contributed by atoms with Gasteiger partial charge in [0.2, 0.25) is 0 Å². The van der Waals surface area contributed by atoms with Gasteiger partial charge in [-0.1, -0.05) is 81.4 Å². The SMILES string of the molecule is CC(CCC(c1ccccc1)c1ccccc1)C1CCC2C3C(O)CC4CC(O)CCC4(C)C3CC(O)C12C. The van der Waals surface area contributed by atoms with E-state index < -0.39 is 0 Å². The van der Waals surface area contributed by atoms with Gasteiger partial charge in [-0.3, -0.25) is 0 Å². The highest BCUT2D eigenvalue weighted by molar-refractivity contribution is 5.32. The first kappa shape index (κ1) is 27.5. The molecule has 3 heteroatoms. The zero-order valence-corrected chi connectivity index (χ0v) is 24.3. The standard InChI is InChI=1S/C36H50O3/c1-23(14-15-28(24-10-6-4-7-11-24)25-12-8-5-9-13-25)29-16-17-30-34-31(22-33(39)36(29,30)3)35(2)19-18-27(37)20-26(35)21-32(34)38/h4-13,23,26-34,37-39H,14-22H2,1-3H3. The normalized spacial score (nSPS) is 42.4. The van der Waals surface area contributed by atoms with Crippen molar-refractivity contribution in [3.8, 4) is 0 Å². The summed E-state index contributed by atoms with van der Waals surface area (Å²) in [6, 6.07) is 21.9. The fourth-order valence-electron chi connectivity index (χ4n) is 10.7. The predicted molar refractivity (Wildman–Crippen MR) is 157 cm³/mol. The van der Waals surface area contributed by atoms with Crippen LogP contribution in [0.5, 0.6) is 0 Å². The van der Waals surface area contributed by atoms with Crippen molar-refractivity contribution in [1.82, 2.24) is 0 Å². The monoisotopic (exact) mass is 530 g/mol. The lowest BCUT2D eigenvalue weighted by Gasteiger charge is -2.63. The largest absolute Gasteiger partial charge is 0.393 e. The molecule has 0 saturated heterocycles. The molecule has 4 fully saturated rings. The Hall–Kier alpha value is -1.68. The summed E-state index contributed by atoms with van der Waals surface area (Å²) in [6.07, 6.45) is 8.07. The van der Waals surface area contributed by atoms with E-state index in [0.29, 0.717) is 35.5 Å². The first-order valence-electron chi connectivity index (χ1n) is 15.9. The van der Waals surface area contributed by atoms with Gasteiger partial charge < -0.3 is 15.3 Å². The molecule has 39 heavy (non-hydrogen) atoms. The van der Waals surface area contributed by atoms with Gasteiger partial charge >= 0.3 is 0 Å². The van der Waals surface area contributed by atoms with E-state index in [1.807, 2.05) is 0 Å². The average Bonchev–Trinajstić information content (AvgIpc) is 3.30. The van der Waals surface area contributed by atoms with Crippen molar-refractivity contribution in [3.05, 3.63) is 71.8 Å². The molecule has 0 spiro atoms. The molecule has 2 aromatic carbocycles. The molecule has 4 saturated carbocycles. The van der Waals surface area contributed by atoms with E-state index in [-0.39, 0.29) is 35.1 Å². The van der Waals surface area contributed by atoms with Gasteiger partial charge in [0.15, 0.2) is 0 Å². The maximum absolute atomic E-state index is 11.9. The topological polar surface area (TPSA) is 60.7 Å². The molecular weight excluding hydrogens is 480 g/mol. The van der Waals surface area contributed by atoms with Crippen LogP contribution in [-0.4, -0.2) is 33.6 Å². The minimum atomic E-state index is -0.313. The van der Waals surface area contributed by atoms with Crippen LogP contribution in [0.15, 0.2) is 60.7 Å². The van der Waals surface area contributed by atoms with Crippen molar-refractivity contribution in [2.75, 3.05) is 0 Å². The Morgan fingerprint density at radius 2 is 1.41 bits per heavy atom. The van der Waals surface area contributed by atoms with E-state index >= 15 is 0 Å². The third-order valence-electron chi connectivity index (χ3n) is 12.8. The molecule has 0 aromatic heterocycles. The lowest BCUT2D eigenvalue weighted by molar-refractivity contribution is -0.207. The molecule has 0 bridgehead atoms. The van der Waals surface area contributed by atoms with Gasteiger partial charge in [0.05, 0.1) is 18.3 Å². The molecule has 3 nitrogen and oxygen atoms in total. The fraction of sp³-hybridized carbons (Fsp3) is 0.667. The predicted octanol–water partition coefficient (Wildman–Crippen LogP) is 7.20. The summed E-state index contributed by atoms with van der Waals surface area (Å²) in [5.41, 5.74) is 2.78. The highest BCUT2D eigenvalue weighted by Gasteiger charge is 2.65. The van der Waals surface area contributed by atoms with Gasteiger partial charge in [0.25, 0.3) is 0 Å². The van der Waals surface area contributed by atoms with Gasteiger partial charge in [-0.2, -0.15) is 0 Å². The van der Waals surface area contributed by atoms with Crippen LogP contribution >= 0.6 is 0 Å². The van der Waals surface area contributed by atoms with Crippen molar-refractivity contribution in [1.29, 1.82) is 0 Å². The molecule has 0 radical (unpaired) electrons. The Kier molecular flexibility index (Phi) is 7.48. The summed E-state index contributed by atoms with van der Waals surface area (Å²) in [7, 11) is 0. The zero-order chi connectivity index (χ0) is 27.4. The van der Waals surface area contributed by atoms with Crippen LogP contribution in [0.4, 0.5) is 0 Å². The number of hydrogen-bond donors (Lipinski definition) is 3. The maximum atomic E-state index is 11.9. The van der Waals surface area contributed by atoms with E-state index in [4.69, 9.17) is 0 Å². The minimum Gasteiger partial charge on any atom is -0.393 e. The van der Waals surface area contributed by atoms with Gasteiger partial charge in [-0.25, -0.2) is 0 Å². The average molecular weight is 531 g/mol. The van der Waals surface area contributed by atoms with Crippen molar-refractivity contribution in [2.24, 2.45) is 46.3 Å². The van der Waals surface area contributed by atoms with Gasteiger partial charge in [-0.05, 0) is 115 Å². The summed E-state index contributed by atoms with van der Waals surface area (Å²) in [5.74, 6) is 2.80. The second kappa shape index (κ2) is 10.6. The van der Waals surface area contributed by atoms with Crippen molar-refractivity contribution >= 4 is 0 Å². The van der Waals surface area contributed by atoms with Crippen LogP contribution in [0, 0.1) is 46.3 Å². The third-order valence-corrected chi connectivity index (χ3v) is 12.8. The summed E-state index contributed by atoms with van der Waals surface area (Å²) in [5, 5.41) is 33.9. The highest BCUT2D eigenvalue weighted by atomic mass is 16.3. The molecular formula is C36H50O3. The van der Waals surface area contributed by atoms with Crippen molar-refractivity contribution in [3.63, 3.8) is 0 Å². The summed E-state index contributed by atoms with van der Waals surface area (Å²) < 4.78 is 0. The third kappa shape index (κ3) is 4.61. The van der Waals surface area contributed by atoms with Gasteiger partial charge in [-0.15, -0.1) is 0 Å². The van der Waals surface area contributed by atoms with Crippen LogP contribution < -0.4 is 0 Å². The van der Waals surface area contributed by atoms with E-state index in [0.717, 1.165) is 57.8 Å². The minimum absolute atomic E-state index is 0.131. The lowest BCUT2D eigenvalue weighted by atomic mass is 9.43. The Morgan fingerprint density at radius 1 is 0.769 bits per heavy atom. The Balaban J connectivity index is 1.21. The lowest BCUT2D eigenvalue weighted by Crippen LogP contribution is -2.62. The number of benzene rings is 2. The summed E-state index contributed by atoms with van der Waals surface area (Å²) >= 11 is 0. The molecule has 212 valence electrons. The molecule has 6 rings (SSSR count). The fourth-order valence-corrected chi connectivity index (χ4v) is 10.7. The molecule has 4 aliphatic carbocycles. The Morgan fingerprint density at radius 3 is 2.05 bits per heavy atom. The molecule has 11 unspecified atom stereocenters. The molecule has 0 heterocycles. The first-order valence-corrected chi connectivity index (χ1v) is 15.9. The quantitative estimate of drug-likeness (QED) is 0.370. The van der Waals surface area contributed by atoms with Crippen LogP contribution in [0.2, 0.25) is 0 Å². The van der Waals surface area contributed by atoms with Crippen molar-refractivity contribution < 1.29 is 15.3 Å². The van der Waals surface area contributed by atoms with E-state index in [1.165, 1.54) is 11.1 Å². The van der Waals surface area contributed by atoms with Gasteiger partial charge in [0.1, 0.15) is 0 Å². The van der Waals surface area contributed by atoms with E-state index in [9.17, 15) is 15.3 Å². The Bertz CT molecular complexity index is 1060. The second-order valence-corrected chi connectivity index (χ2v) is 14.5. The van der Waals surface area contributed by atoms with E-state index in [1.54, 1.807) is 0 Å². The molecule has 0 amide bonds. The van der Waals surface area contributed by atoms with Gasteiger partial charge in [0, 0.05) is 5.92 Å². The van der Waals surface area contributed by atoms with Crippen LogP contribution in [0.25, 0.3) is 0 Å². The summed E-state index contributed by atoms with van der Waals surface area (Å²) in [6.45, 7) is 7.23. The Labute approximate surface area is 236 Å². The molecule has 11 atom stereocenters.